The lowest BCUT2D eigenvalue weighted by molar-refractivity contribution is -0.125. The monoisotopic (exact) mass is 262 g/mol. The standard InChI is InChI=1S/C15H22N2O2/c1-10-4-5-11(2)13(8-10)19-9-15(3,14(16)18)17-12-6-7-12/h4-5,8,12,17H,6-7,9H2,1-3H3,(H2,16,18). The molecular weight excluding hydrogens is 240 g/mol. The maximum atomic E-state index is 11.6. The van der Waals surface area contributed by atoms with Crippen molar-refractivity contribution < 1.29 is 9.53 Å². The van der Waals surface area contributed by atoms with Crippen LogP contribution in [-0.4, -0.2) is 24.1 Å². The van der Waals surface area contributed by atoms with Crippen LogP contribution in [-0.2, 0) is 4.79 Å². The van der Waals surface area contributed by atoms with Crippen LogP contribution >= 0.6 is 0 Å². The number of nitrogens with two attached hydrogens (primary N) is 1. The fraction of sp³-hybridized carbons (Fsp3) is 0.533. The topological polar surface area (TPSA) is 64.3 Å². The van der Waals surface area contributed by atoms with Crippen LogP contribution in [0.15, 0.2) is 18.2 Å². The van der Waals surface area contributed by atoms with E-state index < -0.39 is 5.54 Å². The van der Waals surface area contributed by atoms with E-state index in [4.69, 9.17) is 10.5 Å². The lowest BCUT2D eigenvalue weighted by atomic mass is 10.0. The lowest BCUT2D eigenvalue weighted by Crippen LogP contribution is -2.57. The van der Waals surface area contributed by atoms with E-state index in [0.717, 1.165) is 29.7 Å². The van der Waals surface area contributed by atoms with Crippen LogP contribution in [0.25, 0.3) is 0 Å². The number of hydrogen-bond donors (Lipinski definition) is 2. The molecule has 0 bridgehead atoms. The van der Waals surface area contributed by atoms with Gasteiger partial charge in [-0.3, -0.25) is 10.1 Å². The van der Waals surface area contributed by atoms with Crippen molar-refractivity contribution in [3.8, 4) is 5.75 Å². The van der Waals surface area contributed by atoms with E-state index in [0.29, 0.717) is 6.04 Å². The molecule has 0 radical (unpaired) electrons. The van der Waals surface area contributed by atoms with Gasteiger partial charge in [-0.15, -0.1) is 0 Å². The smallest absolute Gasteiger partial charge is 0.240 e. The molecule has 1 amide bonds. The Morgan fingerprint density at radius 1 is 1.47 bits per heavy atom. The second-order valence-electron chi connectivity index (χ2n) is 5.67. The average molecular weight is 262 g/mol. The molecule has 4 heteroatoms. The Hall–Kier alpha value is -1.55. The van der Waals surface area contributed by atoms with Gasteiger partial charge in [-0.25, -0.2) is 0 Å². The number of carbonyl (C=O) groups excluding carboxylic acids is 1. The third kappa shape index (κ3) is 3.47. The summed E-state index contributed by atoms with van der Waals surface area (Å²) in [5.41, 5.74) is 6.88. The van der Waals surface area contributed by atoms with Crippen molar-refractivity contribution in [3.05, 3.63) is 29.3 Å². The van der Waals surface area contributed by atoms with Gasteiger partial charge in [0.2, 0.25) is 5.91 Å². The van der Waals surface area contributed by atoms with E-state index in [-0.39, 0.29) is 12.5 Å². The van der Waals surface area contributed by atoms with Gasteiger partial charge in [0.05, 0.1) is 0 Å². The molecule has 1 aromatic rings. The Balaban J connectivity index is 2.05. The van der Waals surface area contributed by atoms with Crippen molar-refractivity contribution in [1.29, 1.82) is 0 Å². The first kappa shape index (κ1) is 13.9. The molecule has 1 fully saturated rings. The van der Waals surface area contributed by atoms with Gasteiger partial charge >= 0.3 is 0 Å². The largest absolute Gasteiger partial charge is 0.491 e. The van der Waals surface area contributed by atoms with Crippen molar-refractivity contribution in [2.75, 3.05) is 6.61 Å². The third-order valence-electron chi connectivity index (χ3n) is 3.50. The minimum absolute atomic E-state index is 0.253. The highest BCUT2D eigenvalue weighted by atomic mass is 16.5. The number of nitrogens with one attached hydrogen (secondary N) is 1. The minimum atomic E-state index is -0.808. The van der Waals surface area contributed by atoms with Crippen LogP contribution < -0.4 is 15.8 Å². The Morgan fingerprint density at radius 2 is 2.16 bits per heavy atom. The number of benzene rings is 1. The molecule has 2 rings (SSSR count). The summed E-state index contributed by atoms with van der Waals surface area (Å²) in [5.74, 6) is 0.440. The number of aryl methyl sites for hydroxylation is 2. The Morgan fingerprint density at radius 3 is 2.74 bits per heavy atom. The maximum absolute atomic E-state index is 11.6. The zero-order valence-corrected chi connectivity index (χ0v) is 11.8. The summed E-state index contributed by atoms with van der Waals surface area (Å²) in [5, 5.41) is 3.27. The van der Waals surface area contributed by atoms with Crippen LogP contribution in [0.5, 0.6) is 5.75 Å². The van der Waals surface area contributed by atoms with E-state index in [2.05, 4.69) is 5.32 Å². The van der Waals surface area contributed by atoms with Crippen molar-refractivity contribution in [2.45, 2.75) is 45.2 Å². The van der Waals surface area contributed by atoms with Crippen LogP contribution in [0, 0.1) is 13.8 Å². The molecule has 1 saturated carbocycles. The number of rotatable bonds is 6. The molecule has 3 N–H and O–H groups in total. The van der Waals surface area contributed by atoms with Crippen LogP contribution in [0.4, 0.5) is 0 Å². The number of hydrogen-bond acceptors (Lipinski definition) is 3. The van der Waals surface area contributed by atoms with Gasteiger partial charge < -0.3 is 10.5 Å². The van der Waals surface area contributed by atoms with Crippen LogP contribution in [0.1, 0.15) is 30.9 Å². The fourth-order valence-electron chi connectivity index (χ4n) is 1.95. The SMILES string of the molecule is Cc1ccc(C)c(OCC(C)(NC2CC2)C(N)=O)c1. The highest BCUT2D eigenvalue weighted by Crippen LogP contribution is 2.24. The summed E-state index contributed by atoms with van der Waals surface area (Å²) < 4.78 is 5.81. The average Bonchev–Trinajstić information content (AvgIpc) is 3.14. The molecule has 0 spiro atoms. The van der Waals surface area contributed by atoms with Crippen molar-refractivity contribution in [3.63, 3.8) is 0 Å². The highest BCUT2D eigenvalue weighted by molar-refractivity contribution is 5.84. The predicted octanol–water partition coefficient (Wildman–Crippen LogP) is 1.68. The van der Waals surface area contributed by atoms with Crippen molar-refractivity contribution in [2.24, 2.45) is 5.73 Å². The number of primary amides is 1. The molecule has 1 aliphatic carbocycles. The van der Waals surface area contributed by atoms with Crippen molar-refractivity contribution >= 4 is 5.91 Å². The molecule has 1 aliphatic rings. The predicted molar refractivity (Wildman–Crippen MR) is 75.2 cm³/mol. The van der Waals surface area contributed by atoms with Crippen LogP contribution in [0.2, 0.25) is 0 Å². The maximum Gasteiger partial charge on any atom is 0.240 e. The van der Waals surface area contributed by atoms with Gasteiger partial charge in [0.25, 0.3) is 0 Å². The summed E-state index contributed by atoms with van der Waals surface area (Å²) in [6.45, 7) is 6.06. The number of amides is 1. The Labute approximate surface area is 114 Å². The molecule has 1 atom stereocenters. The second-order valence-corrected chi connectivity index (χ2v) is 5.67. The number of ether oxygens (including phenoxy) is 1. The van der Waals surface area contributed by atoms with E-state index in [9.17, 15) is 4.79 Å². The van der Waals surface area contributed by atoms with Crippen molar-refractivity contribution in [1.82, 2.24) is 5.32 Å². The normalized spacial score (nSPS) is 17.8. The molecule has 0 saturated heterocycles. The molecule has 0 heterocycles. The molecule has 19 heavy (non-hydrogen) atoms. The second kappa shape index (κ2) is 5.21. The van der Waals surface area contributed by atoms with Gasteiger partial charge in [0.1, 0.15) is 17.9 Å². The Bertz CT molecular complexity index is 483. The zero-order chi connectivity index (χ0) is 14.0. The van der Waals surface area contributed by atoms with E-state index >= 15 is 0 Å². The fourth-order valence-corrected chi connectivity index (χ4v) is 1.95. The van der Waals surface area contributed by atoms with E-state index in [1.54, 1.807) is 6.92 Å². The summed E-state index contributed by atoms with van der Waals surface area (Å²) >= 11 is 0. The van der Waals surface area contributed by atoms with Gasteiger partial charge in [-0.1, -0.05) is 12.1 Å². The lowest BCUT2D eigenvalue weighted by Gasteiger charge is -2.28. The van der Waals surface area contributed by atoms with E-state index in [1.165, 1.54) is 0 Å². The molecule has 1 unspecified atom stereocenters. The molecule has 104 valence electrons. The highest BCUT2D eigenvalue weighted by Gasteiger charge is 2.37. The Kier molecular flexibility index (Phi) is 3.80. The minimum Gasteiger partial charge on any atom is -0.491 e. The molecule has 4 nitrogen and oxygen atoms in total. The first-order valence-corrected chi connectivity index (χ1v) is 6.68. The summed E-state index contributed by atoms with van der Waals surface area (Å²) in [6, 6.07) is 6.44. The van der Waals surface area contributed by atoms with Gasteiger partial charge in [-0.2, -0.15) is 0 Å². The summed E-state index contributed by atoms with van der Waals surface area (Å²) in [4.78, 5) is 11.6. The number of carbonyl (C=O) groups is 1. The zero-order valence-electron chi connectivity index (χ0n) is 11.8. The van der Waals surface area contributed by atoms with Gasteiger partial charge in [0, 0.05) is 6.04 Å². The first-order valence-electron chi connectivity index (χ1n) is 6.68. The van der Waals surface area contributed by atoms with Gasteiger partial charge in [-0.05, 0) is 50.8 Å². The van der Waals surface area contributed by atoms with Crippen LogP contribution in [0.3, 0.4) is 0 Å². The first-order chi connectivity index (χ1) is 8.90. The third-order valence-corrected chi connectivity index (χ3v) is 3.50. The van der Waals surface area contributed by atoms with E-state index in [1.807, 2.05) is 32.0 Å². The van der Waals surface area contributed by atoms with Gasteiger partial charge in [0.15, 0.2) is 0 Å². The quantitative estimate of drug-likeness (QED) is 0.819. The molecule has 0 aromatic heterocycles. The summed E-state index contributed by atoms with van der Waals surface area (Å²) in [6.07, 6.45) is 2.21. The molecule has 0 aliphatic heterocycles. The molecule has 1 aromatic carbocycles. The molecular formula is C15H22N2O2. The summed E-state index contributed by atoms with van der Waals surface area (Å²) in [7, 11) is 0.